The molecule has 0 saturated heterocycles. The van der Waals surface area contributed by atoms with E-state index in [0.29, 0.717) is 0 Å². The zero-order valence-corrected chi connectivity index (χ0v) is 17.5. The molecule has 0 aromatic heterocycles. The first-order chi connectivity index (χ1) is 15.6. The van der Waals surface area contributed by atoms with Crippen molar-refractivity contribution in [3.8, 4) is 0 Å². The molecule has 0 atom stereocenters. The van der Waals surface area contributed by atoms with Crippen LogP contribution in [0.2, 0.25) is 0 Å². The van der Waals surface area contributed by atoms with E-state index in [-0.39, 0.29) is 39.1 Å². The van der Waals surface area contributed by atoms with Gasteiger partial charge in [-0.05, 0) is 19.3 Å². The second-order valence-corrected chi connectivity index (χ2v) is 6.55. The largest absolute Gasteiger partial charge is 0.478 e. The van der Waals surface area contributed by atoms with Gasteiger partial charge in [-0.1, -0.05) is 18.2 Å². The van der Waals surface area contributed by atoms with Crippen LogP contribution in [-0.4, -0.2) is 88.7 Å². The molecule has 0 heterocycles. The molecule has 0 spiro atoms. The highest BCUT2D eigenvalue weighted by molar-refractivity contribution is 6.29. The molecule has 180 valence electrons. The molecule has 1 fully saturated rings. The molecule has 12 heteroatoms. The number of carbonyl (C=O) groups excluding carboxylic acids is 3. The molecule has 0 bridgehead atoms. The normalized spacial score (nSPS) is 21.5. The van der Waals surface area contributed by atoms with Crippen LogP contribution in [0.5, 0.6) is 0 Å². The third-order valence-electron chi connectivity index (χ3n) is 4.04. The van der Waals surface area contributed by atoms with E-state index in [2.05, 4.69) is 0 Å². The lowest BCUT2D eigenvalue weighted by Crippen LogP contribution is -2.59. The highest BCUT2D eigenvalue weighted by Gasteiger charge is 2.51. The number of carboxylic acids is 3. The standard InChI is InChI=1S/C21H24O12/c22-13(23)7-1-4-10-31-19-16(28)20(32-11-5-2-8-14(24)25)18(30)21(17(19)29)33-12-6-3-9-15(26)27/h1-3,7-9,19-21H,4-6,10-12H2,(H,22,23)(H,24,25)(H,26,27). The number of ketones is 3. The van der Waals surface area contributed by atoms with Crippen molar-refractivity contribution in [1.29, 1.82) is 0 Å². The molecule has 0 aromatic carbocycles. The summed E-state index contributed by atoms with van der Waals surface area (Å²) in [6.45, 7) is -0.577. The van der Waals surface area contributed by atoms with Gasteiger partial charge < -0.3 is 29.5 Å². The Hall–Kier alpha value is -3.48. The van der Waals surface area contributed by atoms with E-state index >= 15 is 0 Å². The van der Waals surface area contributed by atoms with Gasteiger partial charge in [0.15, 0.2) is 18.3 Å². The molecule has 1 aliphatic rings. The van der Waals surface area contributed by atoms with Crippen LogP contribution in [0.4, 0.5) is 0 Å². The minimum Gasteiger partial charge on any atom is -0.478 e. The van der Waals surface area contributed by atoms with Gasteiger partial charge in [-0.15, -0.1) is 0 Å². The summed E-state index contributed by atoms with van der Waals surface area (Å²) in [5.74, 6) is -6.37. The Morgan fingerprint density at radius 2 is 0.818 bits per heavy atom. The fourth-order valence-corrected chi connectivity index (χ4v) is 2.64. The van der Waals surface area contributed by atoms with Crippen molar-refractivity contribution in [2.45, 2.75) is 37.6 Å². The van der Waals surface area contributed by atoms with Crippen LogP contribution in [0.25, 0.3) is 0 Å². The summed E-state index contributed by atoms with van der Waals surface area (Å²) in [6.07, 6.45) is 1.57. The van der Waals surface area contributed by atoms with Crippen molar-refractivity contribution in [2.24, 2.45) is 0 Å². The number of ether oxygens (including phenoxy) is 3. The Morgan fingerprint density at radius 1 is 0.576 bits per heavy atom. The average molecular weight is 468 g/mol. The van der Waals surface area contributed by atoms with Crippen molar-refractivity contribution >= 4 is 35.3 Å². The lowest BCUT2D eigenvalue weighted by Gasteiger charge is -2.31. The molecule has 1 rings (SSSR count). The maximum atomic E-state index is 12.6. The SMILES string of the molecule is O=C(O)C=CCCOC1C(=O)C(OCCC=CC(=O)O)C(=O)C(OCCC=CC(=O)O)C1=O. The maximum absolute atomic E-state index is 12.6. The number of aliphatic carboxylic acids is 3. The molecule has 1 saturated carbocycles. The van der Waals surface area contributed by atoms with Crippen LogP contribution in [0.1, 0.15) is 19.3 Å². The monoisotopic (exact) mass is 468 g/mol. The minimum atomic E-state index is -1.68. The van der Waals surface area contributed by atoms with Gasteiger partial charge in [-0.2, -0.15) is 0 Å². The van der Waals surface area contributed by atoms with Gasteiger partial charge in [0.05, 0.1) is 19.8 Å². The van der Waals surface area contributed by atoms with Crippen molar-refractivity contribution in [1.82, 2.24) is 0 Å². The molecular weight excluding hydrogens is 444 g/mol. The summed E-state index contributed by atoms with van der Waals surface area (Å²) in [5, 5.41) is 25.7. The molecule has 3 N–H and O–H groups in total. The van der Waals surface area contributed by atoms with Crippen LogP contribution in [-0.2, 0) is 43.0 Å². The Morgan fingerprint density at radius 3 is 1.03 bits per heavy atom. The minimum absolute atomic E-state index is 0.0777. The topological polar surface area (TPSA) is 191 Å². The van der Waals surface area contributed by atoms with E-state index in [1.54, 1.807) is 0 Å². The van der Waals surface area contributed by atoms with Crippen molar-refractivity contribution < 1.29 is 58.3 Å². The van der Waals surface area contributed by atoms with Gasteiger partial charge in [0, 0.05) is 18.2 Å². The first kappa shape index (κ1) is 27.6. The van der Waals surface area contributed by atoms with Gasteiger partial charge in [0.25, 0.3) is 0 Å². The van der Waals surface area contributed by atoms with Gasteiger partial charge >= 0.3 is 17.9 Å². The fraction of sp³-hybridized carbons (Fsp3) is 0.429. The summed E-state index contributed by atoms with van der Waals surface area (Å²) < 4.78 is 15.8. The number of carbonyl (C=O) groups is 6. The maximum Gasteiger partial charge on any atom is 0.327 e. The summed E-state index contributed by atoms with van der Waals surface area (Å²) in [4.78, 5) is 69.4. The molecule has 0 unspecified atom stereocenters. The summed E-state index contributed by atoms with van der Waals surface area (Å²) >= 11 is 0. The van der Waals surface area contributed by atoms with Gasteiger partial charge in [-0.25, -0.2) is 14.4 Å². The quantitative estimate of drug-likeness (QED) is 0.165. The van der Waals surface area contributed by atoms with Crippen LogP contribution >= 0.6 is 0 Å². The number of carboxylic acid groups (broad SMARTS) is 3. The Labute approximate surface area is 188 Å². The average Bonchev–Trinajstić information content (AvgIpc) is 2.73. The Balaban J connectivity index is 2.85. The Bertz CT molecular complexity index is 711. The molecule has 12 nitrogen and oxygen atoms in total. The second kappa shape index (κ2) is 14.6. The molecule has 0 aliphatic heterocycles. The van der Waals surface area contributed by atoms with Crippen molar-refractivity contribution in [2.75, 3.05) is 19.8 Å². The van der Waals surface area contributed by atoms with Crippen LogP contribution < -0.4 is 0 Å². The first-order valence-corrected chi connectivity index (χ1v) is 9.79. The fourth-order valence-electron chi connectivity index (χ4n) is 2.64. The third-order valence-corrected chi connectivity index (χ3v) is 4.04. The van der Waals surface area contributed by atoms with E-state index in [1.165, 1.54) is 18.2 Å². The number of hydrogen-bond acceptors (Lipinski definition) is 9. The predicted octanol–water partition coefficient (Wildman–Crippen LogP) is -0.0444. The summed E-state index contributed by atoms with van der Waals surface area (Å²) in [5.41, 5.74) is 0. The highest BCUT2D eigenvalue weighted by Crippen LogP contribution is 2.19. The van der Waals surface area contributed by atoms with Crippen molar-refractivity contribution in [3.63, 3.8) is 0 Å². The van der Waals surface area contributed by atoms with E-state index in [4.69, 9.17) is 29.5 Å². The van der Waals surface area contributed by atoms with E-state index in [1.807, 2.05) is 0 Å². The highest BCUT2D eigenvalue weighted by atomic mass is 16.5. The molecule has 0 aromatic rings. The predicted molar refractivity (Wildman–Crippen MR) is 108 cm³/mol. The molecule has 0 amide bonds. The third kappa shape index (κ3) is 10.1. The molecule has 33 heavy (non-hydrogen) atoms. The van der Waals surface area contributed by atoms with Crippen molar-refractivity contribution in [3.05, 3.63) is 36.5 Å². The Kier molecular flexibility index (Phi) is 12.2. The molecule has 0 radical (unpaired) electrons. The molecule has 1 aliphatic carbocycles. The number of rotatable bonds is 15. The second-order valence-electron chi connectivity index (χ2n) is 6.55. The zero-order chi connectivity index (χ0) is 24.8. The van der Waals surface area contributed by atoms with E-state index in [0.717, 1.165) is 18.2 Å². The lowest BCUT2D eigenvalue weighted by atomic mass is 9.88. The van der Waals surface area contributed by atoms with Gasteiger partial charge in [-0.3, -0.25) is 14.4 Å². The van der Waals surface area contributed by atoms with Gasteiger partial charge in [0.1, 0.15) is 0 Å². The van der Waals surface area contributed by atoms with Crippen LogP contribution in [0.3, 0.4) is 0 Å². The first-order valence-electron chi connectivity index (χ1n) is 9.79. The zero-order valence-electron chi connectivity index (χ0n) is 17.5. The van der Waals surface area contributed by atoms with E-state index < -0.39 is 53.6 Å². The van der Waals surface area contributed by atoms with Crippen LogP contribution in [0, 0.1) is 0 Å². The summed E-state index contributed by atoms with van der Waals surface area (Å²) in [6, 6.07) is 0. The lowest BCUT2D eigenvalue weighted by molar-refractivity contribution is -0.172. The number of hydrogen-bond donors (Lipinski definition) is 3. The molecular formula is C21H24O12. The van der Waals surface area contributed by atoms with E-state index in [9.17, 15) is 28.8 Å². The smallest absolute Gasteiger partial charge is 0.327 e. The summed E-state index contributed by atoms with van der Waals surface area (Å²) in [7, 11) is 0. The number of Topliss-reactive ketones (excluding diaryl/α,β-unsaturated/α-hetero) is 3. The van der Waals surface area contributed by atoms with Gasteiger partial charge in [0.2, 0.25) is 17.3 Å². The van der Waals surface area contributed by atoms with Crippen LogP contribution in [0.15, 0.2) is 36.5 Å².